The van der Waals surface area contributed by atoms with Crippen molar-refractivity contribution in [2.75, 3.05) is 31.9 Å². The third-order valence-corrected chi connectivity index (χ3v) is 6.85. The third-order valence-electron chi connectivity index (χ3n) is 4.78. The van der Waals surface area contributed by atoms with Crippen LogP contribution in [0.3, 0.4) is 0 Å². The number of benzene rings is 1. The van der Waals surface area contributed by atoms with Crippen molar-refractivity contribution in [1.29, 1.82) is 0 Å². The van der Waals surface area contributed by atoms with Gasteiger partial charge in [-0.15, -0.1) is 0 Å². The summed E-state index contributed by atoms with van der Waals surface area (Å²) in [7, 11) is -3.11. The zero-order valence-electron chi connectivity index (χ0n) is 17.0. The van der Waals surface area contributed by atoms with Gasteiger partial charge in [-0.1, -0.05) is 19.1 Å². The van der Waals surface area contributed by atoms with E-state index >= 15 is 0 Å². The minimum Gasteiger partial charge on any atom is -0.357 e. The molecule has 1 heterocycles. The largest absolute Gasteiger partial charge is 0.357 e. The van der Waals surface area contributed by atoms with Crippen LogP contribution in [0.1, 0.15) is 45.1 Å². The number of hydrogen-bond acceptors (Lipinski definition) is 3. The number of aliphatic imine (C=N–C) groups is 1. The van der Waals surface area contributed by atoms with Gasteiger partial charge in [0.15, 0.2) is 5.96 Å². The van der Waals surface area contributed by atoms with Crippen molar-refractivity contribution in [3.05, 3.63) is 35.6 Å². The van der Waals surface area contributed by atoms with E-state index in [0.717, 1.165) is 43.8 Å². The SMILES string of the molecule is CCCS(=O)(=O)N1CCC(NC(=NCCCc2cccc(F)c2)NCC)CC1. The number of nitrogens with zero attached hydrogens (tertiary/aromatic N) is 2. The highest BCUT2D eigenvalue weighted by Crippen LogP contribution is 2.15. The van der Waals surface area contributed by atoms with Crippen molar-refractivity contribution in [3.8, 4) is 0 Å². The Hall–Kier alpha value is -1.67. The standard InChI is InChI=1S/C20H33FN4O2S/c1-3-15-28(26,27)25-13-10-19(11-14-25)24-20(22-4-2)23-12-6-8-17-7-5-9-18(21)16-17/h5,7,9,16,19H,3-4,6,8,10-15H2,1-2H3,(H2,22,23,24). The molecule has 0 saturated carbocycles. The van der Waals surface area contributed by atoms with E-state index in [4.69, 9.17) is 0 Å². The molecule has 1 aromatic rings. The second-order valence-corrected chi connectivity index (χ2v) is 9.22. The Morgan fingerprint density at radius 2 is 2.04 bits per heavy atom. The van der Waals surface area contributed by atoms with Gasteiger partial charge < -0.3 is 10.6 Å². The molecule has 0 radical (unpaired) electrons. The molecule has 0 amide bonds. The summed E-state index contributed by atoms with van der Waals surface area (Å²) in [6.07, 6.45) is 3.82. The number of hydrogen-bond donors (Lipinski definition) is 2. The topological polar surface area (TPSA) is 73.8 Å². The number of piperidine rings is 1. The van der Waals surface area contributed by atoms with Gasteiger partial charge in [-0.25, -0.2) is 17.1 Å². The summed E-state index contributed by atoms with van der Waals surface area (Å²) < 4.78 is 39.2. The Labute approximate surface area is 168 Å². The molecule has 0 atom stereocenters. The van der Waals surface area contributed by atoms with E-state index in [9.17, 15) is 12.8 Å². The van der Waals surface area contributed by atoms with E-state index in [0.29, 0.717) is 26.1 Å². The van der Waals surface area contributed by atoms with Gasteiger partial charge in [-0.05, 0) is 56.7 Å². The Morgan fingerprint density at radius 3 is 2.68 bits per heavy atom. The maximum atomic E-state index is 13.2. The van der Waals surface area contributed by atoms with Gasteiger partial charge in [-0.3, -0.25) is 4.99 Å². The Bertz CT molecular complexity index is 731. The van der Waals surface area contributed by atoms with Crippen LogP contribution in [0.4, 0.5) is 4.39 Å². The molecule has 1 saturated heterocycles. The highest BCUT2D eigenvalue weighted by atomic mass is 32.2. The first-order valence-corrected chi connectivity index (χ1v) is 11.8. The van der Waals surface area contributed by atoms with Crippen molar-refractivity contribution in [2.45, 2.75) is 52.0 Å². The highest BCUT2D eigenvalue weighted by Gasteiger charge is 2.27. The van der Waals surface area contributed by atoms with E-state index < -0.39 is 10.0 Å². The first-order valence-electron chi connectivity index (χ1n) is 10.2. The maximum absolute atomic E-state index is 13.2. The summed E-state index contributed by atoms with van der Waals surface area (Å²) in [5.41, 5.74) is 0.980. The molecule has 1 aromatic carbocycles. The minimum absolute atomic E-state index is 0.205. The van der Waals surface area contributed by atoms with E-state index in [1.54, 1.807) is 16.4 Å². The quantitative estimate of drug-likeness (QED) is 0.371. The third kappa shape index (κ3) is 7.39. The molecule has 158 valence electrons. The van der Waals surface area contributed by atoms with E-state index in [1.807, 2.05) is 19.9 Å². The van der Waals surface area contributed by atoms with Gasteiger partial charge in [0.2, 0.25) is 10.0 Å². The van der Waals surface area contributed by atoms with Gasteiger partial charge in [0.05, 0.1) is 5.75 Å². The molecule has 1 aliphatic heterocycles. The fraction of sp³-hybridized carbons (Fsp3) is 0.650. The van der Waals surface area contributed by atoms with Crippen LogP contribution in [0.2, 0.25) is 0 Å². The first kappa shape index (κ1) is 22.6. The Morgan fingerprint density at radius 1 is 1.29 bits per heavy atom. The molecule has 8 heteroatoms. The molecule has 0 bridgehead atoms. The summed E-state index contributed by atoms with van der Waals surface area (Å²) in [6.45, 7) is 6.43. The molecule has 0 aliphatic carbocycles. The van der Waals surface area contributed by atoms with Gasteiger partial charge in [-0.2, -0.15) is 0 Å². The van der Waals surface area contributed by atoms with E-state index in [1.165, 1.54) is 6.07 Å². The molecule has 1 aliphatic rings. The number of rotatable bonds is 9. The average molecular weight is 413 g/mol. The fourth-order valence-corrected chi connectivity index (χ4v) is 4.89. The van der Waals surface area contributed by atoms with Gasteiger partial charge in [0.25, 0.3) is 0 Å². The maximum Gasteiger partial charge on any atom is 0.214 e. The second-order valence-electron chi connectivity index (χ2n) is 7.13. The molecular weight excluding hydrogens is 379 g/mol. The molecule has 28 heavy (non-hydrogen) atoms. The van der Waals surface area contributed by atoms with Gasteiger partial charge >= 0.3 is 0 Å². The number of sulfonamides is 1. The molecule has 0 unspecified atom stereocenters. The van der Waals surface area contributed by atoms with Crippen LogP contribution in [-0.4, -0.2) is 56.7 Å². The van der Waals surface area contributed by atoms with Crippen molar-refractivity contribution in [2.24, 2.45) is 4.99 Å². The van der Waals surface area contributed by atoms with Crippen LogP contribution in [-0.2, 0) is 16.4 Å². The Kier molecular flexibility index (Phi) is 9.18. The van der Waals surface area contributed by atoms with Crippen LogP contribution in [0, 0.1) is 5.82 Å². The van der Waals surface area contributed by atoms with E-state index in [-0.39, 0.29) is 17.6 Å². The van der Waals surface area contributed by atoms with Crippen LogP contribution in [0.15, 0.2) is 29.3 Å². The summed E-state index contributed by atoms with van der Waals surface area (Å²) in [4.78, 5) is 4.61. The number of halogens is 1. The molecule has 2 rings (SSSR count). The van der Waals surface area contributed by atoms with Crippen molar-refractivity contribution >= 4 is 16.0 Å². The number of aryl methyl sites for hydroxylation is 1. The molecule has 0 spiro atoms. The lowest BCUT2D eigenvalue weighted by atomic mass is 10.1. The summed E-state index contributed by atoms with van der Waals surface area (Å²) >= 11 is 0. The lowest BCUT2D eigenvalue weighted by Gasteiger charge is -2.32. The van der Waals surface area contributed by atoms with Crippen LogP contribution in [0.25, 0.3) is 0 Å². The lowest BCUT2D eigenvalue weighted by molar-refractivity contribution is 0.306. The lowest BCUT2D eigenvalue weighted by Crippen LogP contribution is -2.50. The zero-order valence-corrected chi connectivity index (χ0v) is 17.8. The first-order chi connectivity index (χ1) is 13.4. The van der Waals surface area contributed by atoms with Crippen molar-refractivity contribution < 1.29 is 12.8 Å². The minimum atomic E-state index is -3.11. The summed E-state index contributed by atoms with van der Waals surface area (Å²) in [5.74, 6) is 0.778. The summed E-state index contributed by atoms with van der Waals surface area (Å²) in [5, 5.41) is 6.67. The Balaban J connectivity index is 1.80. The van der Waals surface area contributed by atoms with Crippen molar-refractivity contribution in [1.82, 2.24) is 14.9 Å². The van der Waals surface area contributed by atoms with Crippen LogP contribution in [0.5, 0.6) is 0 Å². The molecule has 1 fully saturated rings. The van der Waals surface area contributed by atoms with Crippen LogP contribution < -0.4 is 10.6 Å². The van der Waals surface area contributed by atoms with Gasteiger partial charge in [0.1, 0.15) is 5.82 Å². The highest BCUT2D eigenvalue weighted by molar-refractivity contribution is 7.89. The smallest absolute Gasteiger partial charge is 0.214 e. The molecule has 0 aromatic heterocycles. The zero-order chi connectivity index (χ0) is 20.4. The van der Waals surface area contributed by atoms with E-state index in [2.05, 4.69) is 15.6 Å². The van der Waals surface area contributed by atoms with Crippen molar-refractivity contribution in [3.63, 3.8) is 0 Å². The predicted octanol–water partition coefficient (Wildman–Crippen LogP) is 2.52. The number of nitrogens with one attached hydrogen (secondary N) is 2. The van der Waals surface area contributed by atoms with Crippen LogP contribution >= 0.6 is 0 Å². The molecule has 2 N–H and O–H groups in total. The average Bonchev–Trinajstić information content (AvgIpc) is 2.66. The second kappa shape index (κ2) is 11.4. The summed E-state index contributed by atoms with van der Waals surface area (Å²) in [6, 6.07) is 6.89. The molecular formula is C20H33FN4O2S. The molecule has 6 nitrogen and oxygen atoms in total. The normalized spacial score (nSPS) is 16.9. The van der Waals surface area contributed by atoms with Gasteiger partial charge in [0, 0.05) is 32.2 Å². The fourth-order valence-electron chi connectivity index (χ4n) is 3.35. The monoisotopic (exact) mass is 412 g/mol. The number of guanidine groups is 1. The predicted molar refractivity (Wildman–Crippen MR) is 113 cm³/mol.